The molecular formula is C15H17BrN2O2. The van der Waals surface area contributed by atoms with E-state index in [-0.39, 0.29) is 11.0 Å². The summed E-state index contributed by atoms with van der Waals surface area (Å²) in [6.07, 6.45) is 2.18. The Balaban J connectivity index is 2.02. The van der Waals surface area contributed by atoms with E-state index in [4.69, 9.17) is 20.2 Å². The molecule has 5 heteroatoms. The summed E-state index contributed by atoms with van der Waals surface area (Å²) in [5.74, 6) is 0.887. The number of ether oxygens (including phenoxy) is 2. The Kier molecular flexibility index (Phi) is 2.19. The van der Waals surface area contributed by atoms with Crippen molar-refractivity contribution in [1.29, 1.82) is 0 Å². The Labute approximate surface area is 126 Å². The molecule has 3 aliphatic rings. The Hall–Kier alpha value is -1.23. The van der Waals surface area contributed by atoms with Crippen LogP contribution >= 0.6 is 15.9 Å². The smallest absolute Gasteiger partial charge is 0.283 e. The molecule has 1 atom stereocenters. The number of benzene rings is 1. The largest absolute Gasteiger partial charge is 0.487 e. The molecule has 2 N–H and O–H groups in total. The van der Waals surface area contributed by atoms with E-state index in [1.54, 1.807) is 0 Å². The summed E-state index contributed by atoms with van der Waals surface area (Å²) in [5.41, 5.74) is 6.24. The van der Waals surface area contributed by atoms with Crippen LogP contribution in [0.1, 0.15) is 32.3 Å². The van der Waals surface area contributed by atoms with Crippen molar-refractivity contribution in [3.05, 3.63) is 28.2 Å². The second-order valence-corrected chi connectivity index (χ2v) is 7.35. The lowest BCUT2D eigenvalue weighted by Crippen LogP contribution is -2.55. The highest BCUT2D eigenvalue weighted by atomic mass is 79.9. The molecule has 20 heavy (non-hydrogen) atoms. The molecule has 1 aromatic rings. The first kappa shape index (κ1) is 12.5. The maximum atomic E-state index is 6.29. The highest BCUT2D eigenvalue weighted by molar-refractivity contribution is 9.10. The first-order valence-corrected chi connectivity index (χ1v) is 7.67. The molecule has 4 nitrogen and oxygen atoms in total. The molecule has 0 amide bonds. The SMILES string of the molecule is CC1(C)Oc2ccc(Br)cc2C2(COC(N)=N2)C12CC2. The van der Waals surface area contributed by atoms with Crippen LogP contribution in [0, 0.1) is 5.41 Å². The van der Waals surface area contributed by atoms with Gasteiger partial charge in [0.25, 0.3) is 6.02 Å². The number of hydrogen-bond acceptors (Lipinski definition) is 4. The average Bonchev–Trinajstić information content (AvgIpc) is 3.11. The zero-order valence-corrected chi connectivity index (χ0v) is 13.2. The number of amidine groups is 1. The van der Waals surface area contributed by atoms with Crippen LogP contribution in [0.4, 0.5) is 0 Å². The number of hydrogen-bond donors (Lipinski definition) is 1. The van der Waals surface area contributed by atoms with Crippen molar-refractivity contribution in [2.24, 2.45) is 16.1 Å². The quantitative estimate of drug-likeness (QED) is 0.792. The van der Waals surface area contributed by atoms with Gasteiger partial charge in [-0.3, -0.25) is 0 Å². The molecule has 2 heterocycles. The highest BCUT2D eigenvalue weighted by Gasteiger charge is 2.73. The standard InChI is InChI=1S/C15H17BrN2O2/c1-13(2)14(5-6-14)15(8-19-12(17)18-15)10-7-9(16)3-4-11(10)20-13/h3-4,7H,5-6,8H2,1-2H3,(H2,17,18). The zero-order valence-electron chi connectivity index (χ0n) is 11.6. The summed E-state index contributed by atoms with van der Waals surface area (Å²) < 4.78 is 12.9. The van der Waals surface area contributed by atoms with Crippen LogP contribution in [0.3, 0.4) is 0 Å². The average molecular weight is 337 g/mol. The summed E-state index contributed by atoms with van der Waals surface area (Å²) in [7, 11) is 0. The van der Waals surface area contributed by atoms with Gasteiger partial charge in [-0.1, -0.05) is 15.9 Å². The van der Waals surface area contributed by atoms with Crippen molar-refractivity contribution < 1.29 is 9.47 Å². The van der Waals surface area contributed by atoms with Crippen LogP contribution in [0.25, 0.3) is 0 Å². The van der Waals surface area contributed by atoms with Gasteiger partial charge in [0.1, 0.15) is 23.5 Å². The Morgan fingerprint density at radius 3 is 2.65 bits per heavy atom. The third-order valence-corrected chi connectivity index (χ3v) is 5.67. The number of aliphatic imine (C=N–C) groups is 1. The highest BCUT2D eigenvalue weighted by Crippen LogP contribution is 2.71. The van der Waals surface area contributed by atoms with Crippen molar-refractivity contribution in [2.45, 2.75) is 37.8 Å². The zero-order chi connectivity index (χ0) is 14.2. The van der Waals surface area contributed by atoms with Gasteiger partial charge in [-0.15, -0.1) is 0 Å². The van der Waals surface area contributed by atoms with E-state index in [9.17, 15) is 0 Å². The van der Waals surface area contributed by atoms with E-state index in [2.05, 4.69) is 35.8 Å². The van der Waals surface area contributed by atoms with Gasteiger partial charge in [-0.2, -0.15) is 0 Å². The summed E-state index contributed by atoms with van der Waals surface area (Å²) in [6.45, 7) is 4.81. The number of nitrogens with two attached hydrogens (primary N) is 1. The van der Waals surface area contributed by atoms with E-state index < -0.39 is 5.54 Å². The van der Waals surface area contributed by atoms with E-state index >= 15 is 0 Å². The molecule has 0 bridgehead atoms. The molecule has 1 unspecified atom stereocenters. The number of rotatable bonds is 0. The normalized spacial score (nSPS) is 31.4. The third-order valence-electron chi connectivity index (χ3n) is 5.18. The third kappa shape index (κ3) is 1.29. The number of halogens is 1. The van der Waals surface area contributed by atoms with Gasteiger partial charge < -0.3 is 15.2 Å². The van der Waals surface area contributed by atoms with Crippen molar-refractivity contribution in [3.8, 4) is 5.75 Å². The van der Waals surface area contributed by atoms with Gasteiger partial charge in [0.15, 0.2) is 0 Å². The second kappa shape index (κ2) is 3.50. The lowest BCUT2D eigenvalue weighted by atomic mass is 9.66. The van der Waals surface area contributed by atoms with Crippen molar-refractivity contribution in [3.63, 3.8) is 0 Å². The molecule has 106 valence electrons. The van der Waals surface area contributed by atoms with Crippen LogP contribution in [-0.2, 0) is 10.3 Å². The minimum atomic E-state index is -0.405. The first-order chi connectivity index (χ1) is 9.40. The maximum absolute atomic E-state index is 6.29. The molecule has 2 spiro atoms. The minimum absolute atomic E-state index is 0.0189. The van der Waals surface area contributed by atoms with Gasteiger partial charge in [0, 0.05) is 15.5 Å². The topological polar surface area (TPSA) is 56.8 Å². The lowest BCUT2D eigenvalue weighted by Gasteiger charge is -2.49. The molecule has 1 aromatic carbocycles. The fourth-order valence-corrected chi connectivity index (χ4v) is 4.36. The molecule has 0 radical (unpaired) electrons. The molecule has 1 saturated carbocycles. The molecule has 4 rings (SSSR count). The van der Waals surface area contributed by atoms with Gasteiger partial charge in [-0.25, -0.2) is 4.99 Å². The van der Waals surface area contributed by atoms with Crippen LogP contribution in [0.5, 0.6) is 5.75 Å². The predicted octanol–water partition coefficient (Wildman–Crippen LogP) is 2.94. The Bertz CT molecular complexity index is 637. The fraction of sp³-hybridized carbons (Fsp3) is 0.533. The summed E-state index contributed by atoms with van der Waals surface area (Å²) in [4.78, 5) is 4.74. The summed E-state index contributed by atoms with van der Waals surface area (Å²) in [6, 6.07) is 6.38. The first-order valence-electron chi connectivity index (χ1n) is 6.87. The molecule has 1 fully saturated rings. The van der Waals surface area contributed by atoms with E-state index in [0.29, 0.717) is 12.6 Å². The van der Waals surface area contributed by atoms with Crippen LogP contribution < -0.4 is 10.5 Å². The molecule has 2 aliphatic heterocycles. The van der Waals surface area contributed by atoms with Crippen LogP contribution in [0.2, 0.25) is 0 Å². The van der Waals surface area contributed by atoms with Gasteiger partial charge >= 0.3 is 0 Å². The van der Waals surface area contributed by atoms with Crippen molar-refractivity contribution in [2.75, 3.05) is 6.61 Å². The number of nitrogens with zero attached hydrogens (tertiary/aromatic N) is 1. The summed E-state index contributed by atoms with van der Waals surface area (Å²) in [5, 5.41) is 0. The van der Waals surface area contributed by atoms with Gasteiger partial charge in [0.05, 0.1) is 0 Å². The molecule has 1 aliphatic carbocycles. The summed E-state index contributed by atoms with van der Waals surface area (Å²) >= 11 is 3.55. The van der Waals surface area contributed by atoms with Gasteiger partial charge in [0.2, 0.25) is 0 Å². The second-order valence-electron chi connectivity index (χ2n) is 6.43. The van der Waals surface area contributed by atoms with Gasteiger partial charge in [-0.05, 0) is 44.9 Å². The van der Waals surface area contributed by atoms with E-state index in [1.165, 1.54) is 0 Å². The Morgan fingerprint density at radius 1 is 1.30 bits per heavy atom. The maximum Gasteiger partial charge on any atom is 0.283 e. The molecule has 0 saturated heterocycles. The van der Waals surface area contributed by atoms with E-state index in [0.717, 1.165) is 28.6 Å². The lowest BCUT2D eigenvalue weighted by molar-refractivity contribution is -0.0478. The minimum Gasteiger partial charge on any atom is -0.487 e. The van der Waals surface area contributed by atoms with E-state index in [1.807, 2.05) is 12.1 Å². The van der Waals surface area contributed by atoms with Crippen LogP contribution in [-0.4, -0.2) is 18.2 Å². The van der Waals surface area contributed by atoms with Crippen molar-refractivity contribution >= 4 is 22.0 Å². The number of fused-ring (bicyclic) bond motifs is 3. The molecule has 0 aromatic heterocycles. The Morgan fingerprint density at radius 2 is 2.05 bits per heavy atom. The van der Waals surface area contributed by atoms with Crippen LogP contribution in [0.15, 0.2) is 27.7 Å². The molecular weight excluding hydrogens is 320 g/mol. The predicted molar refractivity (Wildman–Crippen MR) is 79.8 cm³/mol. The monoisotopic (exact) mass is 336 g/mol. The van der Waals surface area contributed by atoms with Crippen molar-refractivity contribution in [1.82, 2.24) is 0 Å². The fourth-order valence-electron chi connectivity index (χ4n) is 4.00.